The Balaban J connectivity index is 0. The second kappa shape index (κ2) is 11.1. The molecule has 0 aromatic carbocycles. The lowest BCUT2D eigenvalue weighted by molar-refractivity contribution is -0.116. The van der Waals surface area contributed by atoms with E-state index in [4.69, 9.17) is 10.8 Å². The van der Waals surface area contributed by atoms with Gasteiger partial charge in [0.05, 0.1) is 11.3 Å². The molecule has 0 aromatic heterocycles. The number of nitrogens with one attached hydrogen (secondary N) is 3. The van der Waals surface area contributed by atoms with Crippen LogP contribution in [-0.2, 0) is 4.79 Å². The Morgan fingerprint density at radius 2 is 1.74 bits per heavy atom. The number of hydrogen-bond acceptors (Lipinski definition) is 3. The molecule has 4 nitrogen and oxygen atoms in total. The first-order valence-electron chi connectivity index (χ1n) is 6.53. The highest BCUT2D eigenvalue weighted by Crippen LogP contribution is 2.20. The van der Waals surface area contributed by atoms with Gasteiger partial charge in [0, 0.05) is 18.8 Å². The molecule has 4 heteroatoms. The van der Waals surface area contributed by atoms with Gasteiger partial charge < -0.3 is 10.7 Å². The van der Waals surface area contributed by atoms with Gasteiger partial charge in [-0.05, 0) is 24.6 Å². The molecule has 0 aliphatic heterocycles. The molecule has 0 radical (unpaired) electrons. The molecule has 0 aromatic rings. The van der Waals surface area contributed by atoms with Crippen molar-refractivity contribution >= 4 is 17.8 Å². The molecule has 0 bridgehead atoms. The summed E-state index contributed by atoms with van der Waals surface area (Å²) in [4.78, 5) is 11.4. The van der Waals surface area contributed by atoms with E-state index < -0.39 is 0 Å². The monoisotopic (exact) mass is 263 g/mol. The van der Waals surface area contributed by atoms with E-state index in [1.807, 2.05) is 34.6 Å². The first-order valence-corrected chi connectivity index (χ1v) is 6.53. The lowest BCUT2D eigenvalue weighted by Crippen LogP contribution is -2.26. The van der Waals surface area contributed by atoms with Crippen LogP contribution in [0.5, 0.6) is 0 Å². The highest BCUT2D eigenvalue weighted by Gasteiger charge is 2.20. The summed E-state index contributed by atoms with van der Waals surface area (Å²) in [6.45, 7) is 9.85. The molecule has 1 aliphatic rings. The Labute approximate surface area is 116 Å². The molecule has 0 unspecified atom stereocenters. The first kappa shape index (κ1) is 19.4. The van der Waals surface area contributed by atoms with Gasteiger partial charge in [-0.25, -0.2) is 0 Å². The van der Waals surface area contributed by atoms with Gasteiger partial charge >= 0.3 is 0 Å². The van der Waals surface area contributed by atoms with Crippen molar-refractivity contribution in [1.29, 1.82) is 10.8 Å². The maximum atomic E-state index is 11.4. The molecule has 1 aliphatic carbocycles. The zero-order valence-corrected chi connectivity index (χ0v) is 12.7. The molecule has 3 N–H and O–H groups in total. The summed E-state index contributed by atoms with van der Waals surface area (Å²) in [5.41, 5.74) is 2.00. The maximum Gasteiger partial charge on any atom is 0.253 e. The van der Waals surface area contributed by atoms with Crippen LogP contribution in [0, 0.1) is 10.8 Å². The van der Waals surface area contributed by atoms with Gasteiger partial charge in [-0.15, -0.1) is 0 Å². The molecule has 1 amide bonds. The Kier molecular flexibility index (Phi) is 11.4. The molecule has 0 fully saturated rings. The summed E-state index contributed by atoms with van der Waals surface area (Å²) < 4.78 is 0. The maximum absolute atomic E-state index is 11.4. The lowest BCUT2D eigenvalue weighted by Gasteiger charge is -2.15. The Hall–Kier alpha value is -1.97. The molecule has 0 saturated heterocycles. The van der Waals surface area contributed by atoms with Crippen molar-refractivity contribution in [3.63, 3.8) is 0 Å². The summed E-state index contributed by atoms with van der Waals surface area (Å²) in [5, 5.41) is 17.3. The zero-order valence-electron chi connectivity index (χ0n) is 12.7. The van der Waals surface area contributed by atoms with Gasteiger partial charge in [0.25, 0.3) is 5.91 Å². The minimum Gasteiger partial charge on any atom is -0.355 e. The molecule has 0 atom stereocenters. The second-order valence-electron chi connectivity index (χ2n) is 3.13. The molecular formula is C15H25N3O. The van der Waals surface area contributed by atoms with Gasteiger partial charge in [0.1, 0.15) is 0 Å². The number of likely N-dealkylation sites (N-methyl/N-ethyl adjacent to an activating group) is 1. The predicted octanol–water partition coefficient (Wildman–Crippen LogP) is 3.27. The Morgan fingerprint density at radius 3 is 2.16 bits per heavy atom. The van der Waals surface area contributed by atoms with E-state index in [0.717, 1.165) is 11.8 Å². The third-order valence-electron chi connectivity index (χ3n) is 2.19. The second-order valence-corrected chi connectivity index (χ2v) is 3.13. The third kappa shape index (κ3) is 5.46. The van der Waals surface area contributed by atoms with Crippen molar-refractivity contribution in [2.75, 3.05) is 7.05 Å². The van der Waals surface area contributed by atoms with Crippen molar-refractivity contribution < 1.29 is 4.79 Å². The van der Waals surface area contributed by atoms with Crippen LogP contribution in [0.2, 0.25) is 0 Å². The van der Waals surface area contributed by atoms with Crippen LogP contribution in [0.1, 0.15) is 34.6 Å². The quantitative estimate of drug-likeness (QED) is 0.657. The van der Waals surface area contributed by atoms with E-state index in [-0.39, 0.29) is 11.6 Å². The SMILES string of the molecule is CC.CC.CNC(=O)C1=CC=C(C)/C(=C/C=N)C1=N. The smallest absolute Gasteiger partial charge is 0.253 e. The van der Waals surface area contributed by atoms with Crippen LogP contribution >= 0.6 is 0 Å². The molecule has 0 saturated carbocycles. The van der Waals surface area contributed by atoms with Crippen molar-refractivity contribution in [1.82, 2.24) is 5.32 Å². The first-order chi connectivity index (χ1) is 9.11. The molecular weight excluding hydrogens is 238 g/mol. The largest absolute Gasteiger partial charge is 0.355 e. The van der Waals surface area contributed by atoms with E-state index in [1.165, 1.54) is 13.1 Å². The van der Waals surface area contributed by atoms with Crippen LogP contribution in [-0.4, -0.2) is 24.9 Å². The van der Waals surface area contributed by atoms with Crippen LogP contribution in [0.4, 0.5) is 0 Å². The van der Waals surface area contributed by atoms with E-state index in [2.05, 4.69) is 5.32 Å². The van der Waals surface area contributed by atoms with Crippen LogP contribution in [0.25, 0.3) is 0 Å². The highest BCUT2D eigenvalue weighted by atomic mass is 16.1. The Morgan fingerprint density at radius 1 is 1.21 bits per heavy atom. The summed E-state index contributed by atoms with van der Waals surface area (Å²) >= 11 is 0. The predicted molar refractivity (Wildman–Crippen MR) is 83.2 cm³/mol. The highest BCUT2D eigenvalue weighted by molar-refractivity contribution is 6.29. The van der Waals surface area contributed by atoms with Crippen molar-refractivity contribution in [3.8, 4) is 0 Å². The van der Waals surface area contributed by atoms with Gasteiger partial charge in [-0.3, -0.25) is 10.2 Å². The number of hydrogen-bond donors (Lipinski definition) is 3. The molecule has 0 heterocycles. The number of allylic oxidation sites excluding steroid dienone is 5. The van der Waals surface area contributed by atoms with E-state index in [0.29, 0.717) is 11.1 Å². The van der Waals surface area contributed by atoms with Crippen LogP contribution < -0.4 is 5.32 Å². The standard InChI is InChI=1S/C11H13N3O.2C2H6/c1-7-3-4-9(11(15)14-2)10(13)8(7)5-6-12;2*1-2/h3-6,12-13H,1-2H3,(H,14,15);2*1-2H3/b8-5-,12-6?,13-10?;;. The van der Waals surface area contributed by atoms with Gasteiger partial charge in [0.15, 0.2) is 0 Å². The molecule has 0 spiro atoms. The average Bonchev–Trinajstić information content (AvgIpc) is 2.47. The lowest BCUT2D eigenvalue weighted by atomic mass is 9.91. The number of carbonyl (C=O) groups is 1. The third-order valence-corrected chi connectivity index (χ3v) is 2.19. The topological polar surface area (TPSA) is 76.8 Å². The summed E-state index contributed by atoms with van der Waals surface area (Å²) in [7, 11) is 1.53. The molecule has 106 valence electrons. The average molecular weight is 263 g/mol. The van der Waals surface area contributed by atoms with E-state index >= 15 is 0 Å². The van der Waals surface area contributed by atoms with Gasteiger partial charge in [-0.1, -0.05) is 33.8 Å². The fraction of sp³-hybridized carbons (Fsp3) is 0.400. The zero-order chi connectivity index (χ0) is 15.4. The minimum atomic E-state index is -0.278. The van der Waals surface area contributed by atoms with Crippen molar-refractivity contribution in [3.05, 3.63) is 34.9 Å². The van der Waals surface area contributed by atoms with E-state index in [1.54, 1.807) is 12.2 Å². The summed E-state index contributed by atoms with van der Waals surface area (Å²) in [6.07, 6.45) is 6.04. The van der Waals surface area contributed by atoms with Crippen LogP contribution in [0.3, 0.4) is 0 Å². The Bertz CT molecular complexity index is 415. The molecule has 1 rings (SSSR count). The van der Waals surface area contributed by atoms with Crippen LogP contribution in [0.15, 0.2) is 34.9 Å². The van der Waals surface area contributed by atoms with Gasteiger partial charge in [0.2, 0.25) is 0 Å². The van der Waals surface area contributed by atoms with E-state index in [9.17, 15) is 4.79 Å². The number of amides is 1. The van der Waals surface area contributed by atoms with Crippen molar-refractivity contribution in [2.24, 2.45) is 0 Å². The normalized spacial score (nSPS) is 15.1. The number of rotatable bonds is 2. The summed E-state index contributed by atoms with van der Waals surface area (Å²) in [5.74, 6) is -0.278. The minimum absolute atomic E-state index is 0.165. The fourth-order valence-electron chi connectivity index (χ4n) is 1.35. The fourth-order valence-corrected chi connectivity index (χ4v) is 1.35. The van der Waals surface area contributed by atoms with Crippen molar-refractivity contribution in [2.45, 2.75) is 34.6 Å². The summed E-state index contributed by atoms with van der Waals surface area (Å²) in [6, 6.07) is 0. The number of carbonyl (C=O) groups excluding carboxylic acids is 1. The van der Waals surface area contributed by atoms with Gasteiger partial charge in [-0.2, -0.15) is 0 Å². The molecule has 19 heavy (non-hydrogen) atoms.